The van der Waals surface area contributed by atoms with Gasteiger partial charge in [-0.05, 0) is 44.9 Å². The fraction of sp³-hybridized carbons (Fsp3) is 0.550. The molecule has 0 bridgehead atoms. The first-order valence-corrected chi connectivity index (χ1v) is 9.39. The van der Waals surface area contributed by atoms with E-state index in [4.69, 9.17) is 14.1 Å². The highest BCUT2D eigenvalue weighted by Crippen LogP contribution is 2.38. The molecule has 4 rings (SSSR count). The minimum absolute atomic E-state index is 0. The molecule has 1 spiro atoms. The molecule has 7 heteroatoms. The first-order chi connectivity index (χ1) is 12.6. The Hall–Kier alpha value is -1.35. The maximum absolute atomic E-state index is 13.5. The Morgan fingerprint density at radius 1 is 1.37 bits per heavy atom. The molecule has 1 unspecified atom stereocenters. The number of halogens is 2. The lowest BCUT2D eigenvalue weighted by molar-refractivity contribution is 0.156. The number of hydrogen-bond donors (Lipinski definition) is 1. The van der Waals surface area contributed by atoms with E-state index in [0.717, 1.165) is 68.4 Å². The lowest BCUT2D eigenvalue weighted by atomic mass is 9.87. The highest BCUT2D eigenvalue weighted by atomic mass is 127. The summed E-state index contributed by atoms with van der Waals surface area (Å²) in [6.45, 7) is 9.03. The van der Waals surface area contributed by atoms with Crippen molar-refractivity contribution in [3.63, 3.8) is 0 Å². The molecule has 1 N–H and O–H groups in total. The third kappa shape index (κ3) is 4.08. The molecule has 2 saturated heterocycles. The first kappa shape index (κ1) is 20.4. The van der Waals surface area contributed by atoms with Crippen LogP contribution in [0.1, 0.15) is 31.1 Å². The second-order valence-corrected chi connectivity index (χ2v) is 7.44. The van der Waals surface area contributed by atoms with Gasteiger partial charge in [-0.1, -0.05) is 0 Å². The average Bonchev–Trinajstić information content (AvgIpc) is 3.34. The first-order valence-electron chi connectivity index (χ1n) is 9.39. The molecule has 3 heterocycles. The van der Waals surface area contributed by atoms with E-state index < -0.39 is 0 Å². The molecule has 2 fully saturated rings. The van der Waals surface area contributed by atoms with Crippen molar-refractivity contribution >= 4 is 40.9 Å². The SMILES string of the molecule is CCNC(=NCc1oc2ccc(F)cc2c1C)N1CCC2(CCOC2)C1.I. The zero-order valence-electron chi connectivity index (χ0n) is 15.9. The predicted molar refractivity (Wildman–Crippen MR) is 115 cm³/mol. The van der Waals surface area contributed by atoms with Crippen molar-refractivity contribution in [2.75, 3.05) is 32.8 Å². The second kappa shape index (κ2) is 8.34. The zero-order chi connectivity index (χ0) is 18.1. The number of hydrogen-bond acceptors (Lipinski definition) is 3. The van der Waals surface area contributed by atoms with Gasteiger partial charge in [0.2, 0.25) is 0 Å². The Kier molecular flexibility index (Phi) is 6.30. The lowest BCUT2D eigenvalue weighted by Gasteiger charge is -2.24. The van der Waals surface area contributed by atoms with E-state index in [1.165, 1.54) is 12.1 Å². The fourth-order valence-electron chi connectivity index (χ4n) is 4.05. The van der Waals surface area contributed by atoms with Crippen LogP contribution in [-0.4, -0.2) is 43.7 Å². The highest BCUT2D eigenvalue weighted by Gasteiger charge is 2.42. The summed E-state index contributed by atoms with van der Waals surface area (Å²) in [5.41, 5.74) is 1.96. The summed E-state index contributed by atoms with van der Waals surface area (Å²) >= 11 is 0. The standard InChI is InChI=1S/C20H26FN3O2.HI/c1-3-22-19(24-8-6-20(12-24)7-9-25-13-20)23-11-18-14(2)16-10-15(21)4-5-17(16)26-18;/h4-5,10H,3,6-9,11-13H2,1-2H3,(H,22,23);1H. The Morgan fingerprint density at radius 2 is 2.22 bits per heavy atom. The molecule has 0 saturated carbocycles. The van der Waals surface area contributed by atoms with Gasteiger partial charge in [-0.15, -0.1) is 24.0 Å². The molecule has 27 heavy (non-hydrogen) atoms. The third-order valence-corrected chi connectivity index (χ3v) is 5.63. The Labute approximate surface area is 176 Å². The van der Waals surface area contributed by atoms with E-state index in [-0.39, 0.29) is 29.8 Å². The van der Waals surface area contributed by atoms with Gasteiger partial charge in [0, 0.05) is 42.6 Å². The lowest BCUT2D eigenvalue weighted by Crippen LogP contribution is -2.41. The monoisotopic (exact) mass is 487 g/mol. The molecule has 2 aromatic rings. The van der Waals surface area contributed by atoms with Gasteiger partial charge in [0.05, 0.1) is 6.61 Å². The number of fused-ring (bicyclic) bond motifs is 1. The van der Waals surface area contributed by atoms with Crippen LogP contribution in [0.15, 0.2) is 27.6 Å². The summed E-state index contributed by atoms with van der Waals surface area (Å²) in [4.78, 5) is 7.13. The molecule has 148 valence electrons. The van der Waals surface area contributed by atoms with Crippen molar-refractivity contribution in [1.82, 2.24) is 10.2 Å². The minimum Gasteiger partial charge on any atom is -0.459 e. The van der Waals surface area contributed by atoms with Gasteiger partial charge in [-0.2, -0.15) is 0 Å². The maximum atomic E-state index is 13.5. The van der Waals surface area contributed by atoms with Gasteiger partial charge in [0.15, 0.2) is 5.96 Å². The van der Waals surface area contributed by atoms with Crippen LogP contribution in [0.4, 0.5) is 4.39 Å². The molecule has 5 nitrogen and oxygen atoms in total. The molecule has 0 radical (unpaired) electrons. The second-order valence-electron chi connectivity index (χ2n) is 7.44. The summed E-state index contributed by atoms with van der Waals surface area (Å²) < 4.78 is 25.0. The summed E-state index contributed by atoms with van der Waals surface area (Å²) in [5, 5.41) is 4.22. The van der Waals surface area contributed by atoms with Gasteiger partial charge < -0.3 is 19.4 Å². The van der Waals surface area contributed by atoms with Gasteiger partial charge in [-0.25, -0.2) is 9.38 Å². The zero-order valence-corrected chi connectivity index (χ0v) is 18.2. The van der Waals surface area contributed by atoms with Crippen molar-refractivity contribution in [1.29, 1.82) is 0 Å². The topological polar surface area (TPSA) is 50.0 Å². The van der Waals surface area contributed by atoms with Crippen LogP contribution in [0.3, 0.4) is 0 Å². The van der Waals surface area contributed by atoms with E-state index in [1.807, 2.05) is 6.92 Å². The summed E-state index contributed by atoms with van der Waals surface area (Å²) in [5.74, 6) is 1.47. The summed E-state index contributed by atoms with van der Waals surface area (Å²) in [6.07, 6.45) is 2.29. The molecular formula is C20H27FIN3O2. The molecule has 1 atom stereocenters. The van der Waals surface area contributed by atoms with Crippen LogP contribution in [0.5, 0.6) is 0 Å². The molecule has 1 aromatic carbocycles. The van der Waals surface area contributed by atoms with Crippen LogP contribution < -0.4 is 5.32 Å². The number of rotatable bonds is 3. The number of furan rings is 1. The Bertz CT molecular complexity index is 830. The van der Waals surface area contributed by atoms with E-state index in [2.05, 4.69) is 17.1 Å². The van der Waals surface area contributed by atoms with E-state index in [9.17, 15) is 4.39 Å². The van der Waals surface area contributed by atoms with Gasteiger partial charge >= 0.3 is 0 Å². The summed E-state index contributed by atoms with van der Waals surface area (Å²) in [7, 11) is 0. The highest BCUT2D eigenvalue weighted by molar-refractivity contribution is 14.0. The smallest absolute Gasteiger partial charge is 0.194 e. The number of guanidine groups is 1. The van der Waals surface area contributed by atoms with Crippen molar-refractivity contribution in [3.05, 3.63) is 35.3 Å². The number of nitrogens with zero attached hydrogens (tertiary/aromatic N) is 2. The number of aliphatic imine (C=N–C) groups is 1. The van der Waals surface area contributed by atoms with Crippen LogP contribution in [0.25, 0.3) is 11.0 Å². The van der Waals surface area contributed by atoms with Gasteiger partial charge in [0.25, 0.3) is 0 Å². The third-order valence-electron chi connectivity index (χ3n) is 5.63. The maximum Gasteiger partial charge on any atom is 0.194 e. The molecule has 2 aliphatic heterocycles. The van der Waals surface area contributed by atoms with Crippen LogP contribution in [-0.2, 0) is 11.3 Å². The number of nitrogens with one attached hydrogen (secondary N) is 1. The normalized spacial score (nSPS) is 22.6. The number of aryl methyl sites for hydroxylation is 1. The number of ether oxygens (including phenoxy) is 1. The fourth-order valence-corrected chi connectivity index (χ4v) is 4.05. The van der Waals surface area contributed by atoms with E-state index in [1.54, 1.807) is 6.07 Å². The quantitative estimate of drug-likeness (QED) is 0.403. The van der Waals surface area contributed by atoms with Crippen molar-refractivity contribution in [2.24, 2.45) is 10.4 Å². The number of benzene rings is 1. The molecule has 1 aromatic heterocycles. The molecular weight excluding hydrogens is 460 g/mol. The minimum atomic E-state index is -0.245. The van der Waals surface area contributed by atoms with Crippen molar-refractivity contribution in [3.8, 4) is 0 Å². The van der Waals surface area contributed by atoms with Crippen molar-refractivity contribution < 1.29 is 13.5 Å². The molecule has 0 aliphatic carbocycles. The molecule has 2 aliphatic rings. The van der Waals surface area contributed by atoms with Crippen LogP contribution >= 0.6 is 24.0 Å². The van der Waals surface area contributed by atoms with E-state index in [0.29, 0.717) is 17.5 Å². The summed E-state index contributed by atoms with van der Waals surface area (Å²) in [6, 6.07) is 4.63. The van der Waals surface area contributed by atoms with E-state index >= 15 is 0 Å². The Balaban J connectivity index is 0.00000210. The van der Waals surface area contributed by atoms with Crippen molar-refractivity contribution in [2.45, 2.75) is 33.2 Å². The molecule has 0 amide bonds. The van der Waals surface area contributed by atoms with Gasteiger partial charge in [-0.3, -0.25) is 0 Å². The average molecular weight is 487 g/mol. The predicted octanol–water partition coefficient (Wildman–Crippen LogP) is 4.08. The Morgan fingerprint density at radius 3 is 2.96 bits per heavy atom. The largest absolute Gasteiger partial charge is 0.459 e. The van der Waals surface area contributed by atoms with Gasteiger partial charge in [0.1, 0.15) is 23.7 Å². The van der Waals surface area contributed by atoms with Crippen LogP contribution in [0, 0.1) is 18.2 Å². The van der Waals surface area contributed by atoms with Crippen LogP contribution in [0.2, 0.25) is 0 Å². The number of likely N-dealkylation sites (tertiary alicyclic amines) is 1.